The van der Waals surface area contributed by atoms with Crippen molar-refractivity contribution in [2.24, 2.45) is 17.8 Å². The lowest BCUT2D eigenvalue weighted by atomic mass is 9.96. The van der Waals surface area contributed by atoms with Gasteiger partial charge in [-0.3, -0.25) is 14.4 Å². The van der Waals surface area contributed by atoms with Crippen LogP contribution in [0.5, 0.6) is 0 Å². The van der Waals surface area contributed by atoms with E-state index in [4.69, 9.17) is 9.94 Å². The summed E-state index contributed by atoms with van der Waals surface area (Å²) in [6, 6.07) is 9.46. The van der Waals surface area contributed by atoms with Crippen molar-refractivity contribution in [3.8, 4) is 0 Å². The van der Waals surface area contributed by atoms with Gasteiger partial charge in [0.15, 0.2) is 0 Å². The molecule has 1 aromatic carbocycles. The number of benzene rings is 1. The number of hydroxylamine groups is 1. The van der Waals surface area contributed by atoms with E-state index in [1.54, 1.807) is 0 Å². The van der Waals surface area contributed by atoms with Gasteiger partial charge in [-0.25, -0.2) is 5.48 Å². The third-order valence-electron chi connectivity index (χ3n) is 3.71. The van der Waals surface area contributed by atoms with Gasteiger partial charge in [-0.05, 0) is 24.3 Å². The summed E-state index contributed by atoms with van der Waals surface area (Å²) in [4.78, 5) is 28.3. The van der Waals surface area contributed by atoms with Crippen LogP contribution < -0.4 is 5.48 Å². The van der Waals surface area contributed by atoms with Crippen LogP contribution in [0.4, 0.5) is 0 Å². The molecule has 20 heavy (non-hydrogen) atoms. The van der Waals surface area contributed by atoms with E-state index in [0.29, 0.717) is 12.8 Å². The van der Waals surface area contributed by atoms with Crippen LogP contribution in [0.25, 0.3) is 0 Å². The van der Waals surface area contributed by atoms with Crippen LogP contribution >= 0.6 is 0 Å². The van der Waals surface area contributed by atoms with Crippen LogP contribution in [0.15, 0.2) is 30.3 Å². The number of carbonyl (C=O) groups is 2. The van der Waals surface area contributed by atoms with Crippen molar-refractivity contribution in [3.05, 3.63) is 35.9 Å². The number of carboxylic acids is 1. The lowest BCUT2D eigenvalue weighted by Gasteiger charge is -2.15. The standard InChI is InChI=1S/C15H19NO4/c1-10-7-12(13(8-10)15(18)19)14(17)16-20-9-11-5-3-2-4-6-11/h2-6,10,12-13H,7-9H2,1H3,(H,16,17)(H,18,19)/t10?,12-,13+/m0/s1. The van der Waals surface area contributed by atoms with E-state index < -0.39 is 17.8 Å². The highest BCUT2D eigenvalue weighted by Gasteiger charge is 2.41. The van der Waals surface area contributed by atoms with Crippen molar-refractivity contribution < 1.29 is 19.5 Å². The predicted octanol–water partition coefficient (Wildman–Crippen LogP) is 1.98. The molecule has 2 N–H and O–H groups in total. The molecular weight excluding hydrogens is 258 g/mol. The predicted molar refractivity (Wildman–Crippen MR) is 72.4 cm³/mol. The second-order valence-corrected chi connectivity index (χ2v) is 5.37. The number of hydrogen-bond acceptors (Lipinski definition) is 3. The number of amides is 1. The van der Waals surface area contributed by atoms with Gasteiger partial charge in [0.1, 0.15) is 0 Å². The lowest BCUT2D eigenvalue weighted by Crippen LogP contribution is -2.35. The maximum absolute atomic E-state index is 12.0. The summed E-state index contributed by atoms with van der Waals surface area (Å²) in [6.45, 7) is 2.24. The third kappa shape index (κ3) is 3.57. The Hall–Kier alpha value is -1.88. The summed E-state index contributed by atoms with van der Waals surface area (Å²) in [6.07, 6.45) is 1.14. The van der Waals surface area contributed by atoms with Gasteiger partial charge in [0.25, 0.3) is 0 Å². The first-order valence-corrected chi connectivity index (χ1v) is 6.76. The first-order chi connectivity index (χ1) is 9.58. The summed E-state index contributed by atoms with van der Waals surface area (Å²) >= 11 is 0. The van der Waals surface area contributed by atoms with Crippen LogP contribution in [-0.2, 0) is 21.0 Å². The second-order valence-electron chi connectivity index (χ2n) is 5.37. The number of aliphatic carboxylic acids is 1. The lowest BCUT2D eigenvalue weighted by molar-refractivity contribution is -0.150. The Bertz CT molecular complexity index is 474. The van der Waals surface area contributed by atoms with Gasteiger partial charge in [0, 0.05) is 0 Å². The van der Waals surface area contributed by atoms with E-state index in [1.807, 2.05) is 37.3 Å². The topological polar surface area (TPSA) is 75.6 Å². The number of carboxylic acid groups (broad SMARTS) is 1. The smallest absolute Gasteiger partial charge is 0.307 e. The maximum atomic E-state index is 12.0. The molecule has 3 atom stereocenters. The van der Waals surface area contributed by atoms with Crippen LogP contribution in [-0.4, -0.2) is 17.0 Å². The van der Waals surface area contributed by atoms with Crippen LogP contribution in [0.1, 0.15) is 25.3 Å². The quantitative estimate of drug-likeness (QED) is 0.807. The van der Waals surface area contributed by atoms with E-state index >= 15 is 0 Å². The van der Waals surface area contributed by atoms with Crippen molar-refractivity contribution >= 4 is 11.9 Å². The van der Waals surface area contributed by atoms with Gasteiger partial charge in [0.05, 0.1) is 18.4 Å². The summed E-state index contributed by atoms with van der Waals surface area (Å²) in [5, 5.41) is 9.13. The SMILES string of the molecule is CC1C[C@H](C(=O)NOCc2ccccc2)[C@H](C(=O)O)C1. The average molecular weight is 277 g/mol. The molecule has 0 aliphatic heterocycles. The number of hydrogen-bond donors (Lipinski definition) is 2. The zero-order chi connectivity index (χ0) is 14.5. The van der Waals surface area contributed by atoms with Crippen LogP contribution in [0.3, 0.4) is 0 Å². The molecule has 108 valence electrons. The molecule has 1 unspecified atom stereocenters. The Kier molecular flexibility index (Phi) is 4.74. The second kappa shape index (κ2) is 6.52. The molecule has 5 nitrogen and oxygen atoms in total. The Morgan fingerprint density at radius 1 is 1.25 bits per heavy atom. The Balaban J connectivity index is 1.84. The minimum absolute atomic E-state index is 0.251. The first-order valence-electron chi connectivity index (χ1n) is 6.76. The van der Waals surface area contributed by atoms with Gasteiger partial charge in [-0.15, -0.1) is 0 Å². The van der Waals surface area contributed by atoms with Gasteiger partial charge in [0.2, 0.25) is 5.91 Å². The minimum atomic E-state index is -0.905. The van der Waals surface area contributed by atoms with E-state index in [9.17, 15) is 9.59 Å². The molecule has 0 aromatic heterocycles. The zero-order valence-electron chi connectivity index (χ0n) is 11.4. The van der Waals surface area contributed by atoms with Crippen molar-refractivity contribution in [1.82, 2.24) is 5.48 Å². The number of carbonyl (C=O) groups excluding carboxylic acids is 1. The Labute approximate surface area is 117 Å². The van der Waals surface area contributed by atoms with Crippen molar-refractivity contribution in [1.29, 1.82) is 0 Å². The number of nitrogens with one attached hydrogen (secondary N) is 1. The molecule has 0 bridgehead atoms. The molecule has 1 fully saturated rings. The number of rotatable bonds is 5. The Morgan fingerprint density at radius 2 is 1.90 bits per heavy atom. The highest BCUT2D eigenvalue weighted by molar-refractivity contribution is 5.84. The van der Waals surface area contributed by atoms with Gasteiger partial charge in [-0.1, -0.05) is 37.3 Å². The van der Waals surface area contributed by atoms with Gasteiger partial charge in [-0.2, -0.15) is 0 Å². The zero-order valence-corrected chi connectivity index (χ0v) is 11.4. The third-order valence-corrected chi connectivity index (χ3v) is 3.71. The van der Waals surface area contributed by atoms with E-state index in [1.165, 1.54) is 0 Å². The van der Waals surface area contributed by atoms with E-state index in [2.05, 4.69) is 5.48 Å². The van der Waals surface area contributed by atoms with Gasteiger partial charge < -0.3 is 5.11 Å². The molecule has 1 aliphatic carbocycles. The van der Waals surface area contributed by atoms with Gasteiger partial charge >= 0.3 is 5.97 Å². The molecule has 0 radical (unpaired) electrons. The van der Waals surface area contributed by atoms with Crippen LogP contribution in [0, 0.1) is 17.8 Å². The molecule has 1 amide bonds. The maximum Gasteiger partial charge on any atom is 0.307 e. The summed E-state index contributed by atoms with van der Waals surface area (Å²) in [5.41, 5.74) is 3.32. The fraction of sp³-hybridized carbons (Fsp3) is 0.467. The van der Waals surface area contributed by atoms with Crippen molar-refractivity contribution in [3.63, 3.8) is 0 Å². The normalized spacial score (nSPS) is 25.4. The summed E-state index contributed by atoms with van der Waals surface area (Å²) in [5.74, 6) is -2.10. The summed E-state index contributed by atoms with van der Waals surface area (Å²) < 4.78 is 0. The largest absolute Gasteiger partial charge is 0.481 e. The van der Waals surface area contributed by atoms with Crippen molar-refractivity contribution in [2.75, 3.05) is 0 Å². The molecule has 1 saturated carbocycles. The molecule has 0 heterocycles. The molecule has 0 spiro atoms. The van der Waals surface area contributed by atoms with E-state index in [-0.39, 0.29) is 18.4 Å². The molecule has 0 saturated heterocycles. The summed E-state index contributed by atoms with van der Waals surface area (Å²) in [7, 11) is 0. The van der Waals surface area contributed by atoms with E-state index in [0.717, 1.165) is 5.56 Å². The van der Waals surface area contributed by atoms with Crippen molar-refractivity contribution in [2.45, 2.75) is 26.4 Å². The minimum Gasteiger partial charge on any atom is -0.481 e. The molecule has 2 rings (SSSR count). The highest BCUT2D eigenvalue weighted by Crippen LogP contribution is 2.36. The fourth-order valence-corrected chi connectivity index (χ4v) is 2.69. The molecule has 1 aliphatic rings. The monoisotopic (exact) mass is 277 g/mol. The highest BCUT2D eigenvalue weighted by atomic mass is 16.6. The fourth-order valence-electron chi connectivity index (χ4n) is 2.69. The first kappa shape index (κ1) is 14.5. The molecule has 1 aromatic rings. The molecule has 5 heteroatoms. The Morgan fingerprint density at radius 3 is 2.55 bits per heavy atom. The molecular formula is C15H19NO4. The average Bonchev–Trinajstić information content (AvgIpc) is 2.82. The van der Waals surface area contributed by atoms with Crippen LogP contribution in [0.2, 0.25) is 0 Å².